The topological polar surface area (TPSA) is 45.7 Å². The average Bonchev–Trinajstić information content (AvgIpc) is 2.63. The van der Waals surface area contributed by atoms with Crippen molar-refractivity contribution in [2.24, 2.45) is 5.92 Å². The molecule has 3 aromatic carbocycles. The molecule has 128 valence electrons. The molecule has 0 spiro atoms. The minimum absolute atomic E-state index is 0.0259. The number of carbonyl (C=O) groups excluding carboxylic acids is 1. The third-order valence-corrected chi connectivity index (χ3v) is 4.52. The molecule has 1 amide bonds. The first-order chi connectivity index (χ1) is 12.1. The van der Waals surface area contributed by atoms with E-state index in [9.17, 15) is 4.79 Å². The van der Waals surface area contributed by atoms with E-state index in [-0.39, 0.29) is 11.9 Å². The predicted octanol–water partition coefficient (Wildman–Crippen LogP) is 3.74. The minimum atomic E-state index is 0.0259. The molecule has 3 rings (SSSR count). The van der Waals surface area contributed by atoms with Crippen molar-refractivity contribution < 1.29 is 10.1 Å². The Kier molecular flexibility index (Phi) is 5.46. The van der Waals surface area contributed by atoms with E-state index in [1.165, 1.54) is 5.56 Å². The van der Waals surface area contributed by atoms with Gasteiger partial charge in [-0.2, -0.15) is 0 Å². The molecule has 0 fully saturated rings. The van der Waals surface area contributed by atoms with Crippen LogP contribution in [0.1, 0.15) is 25.5 Å². The molecule has 0 saturated heterocycles. The number of nitrogens with one attached hydrogen (secondary N) is 1. The highest BCUT2D eigenvalue weighted by atomic mass is 16.1. The molecular formula is C22H25N2O+. The SMILES string of the molecule is CC(C)[C@@H]([NH2+]CC(=O)Nc1cccc2ccccc12)c1ccccc1. The van der Waals surface area contributed by atoms with E-state index in [2.05, 4.69) is 60.9 Å². The lowest BCUT2D eigenvalue weighted by Gasteiger charge is -2.19. The number of amides is 1. The van der Waals surface area contributed by atoms with Crippen molar-refractivity contribution in [1.29, 1.82) is 0 Å². The molecule has 0 unspecified atom stereocenters. The number of carbonyl (C=O) groups is 1. The van der Waals surface area contributed by atoms with E-state index in [4.69, 9.17) is 0 Å². The highest BCUT2D eigenvalue weighted by Crippen LogP contribution is 2.22. The van der Waals surface area contributed by atoms with E-state index in [0.717, 1.165) is 16.5 Å². The first kappa shape index (κ1) is 17.2. The van der Waals surface area contributed by atoms with Gasteiger partial charge < -0.3 is 10.6 Å². The van der Waals surface area contributed by atoms with E-state index < -0.39 is 0 Å². The van der Waals surface area contributed by atoms with Crippen molar-refractivity contribution in [3.63, 3.8) is 0 Å². The van der Waals surface area contributed by atoms with Gasteiger partial charge in [0.05, 0.1) is 0 Å². The molecule has 0 aromatic heterocycles. The van der Waals surface area contributed by atoms with Crippen molar-refractivity contribution in [3.05, 3.63) is 78.4 Å². The summed E-state index contributed by atoms with van der Waals surface area (Å²) < 4.78 is 0. The summed E-state index contributed by atoms with van der Waals surface area (Å²) in [6, 6.07) is 24.7. The van der Waals surface area contributed by atoms with Crippen molar-refractivity contribution in [2.75, 3.05) is 11.9 Å². The van der Waals surface area contributed by atoms with Crippen molar-refractivity contribution in [3.8, 4) is 0 Å². The molecule has 3 nitrogen and oxygen atoms in total. The van der Waals surface area contributed by atoms with Crippen LogP contribution < -0.4 is 10.6 Å². The van der Waals surface area contributed by atoms with Crippen molar-refractivity contribution in [1.82, 2.24) is 0 Å². The molecule has 0 radical (unpaired) electrons. The van der Waals surface area contributed by atoms with Crippen molar-refractivity contribution in [2.45, 2.75) is 19.9 Å². The van der Waals surface area contributed by atoms with Gasteiger partial charge in [-0.1, -0.05) is 80.6 Å². The van der Waals surface area contributed by atoms with Gasteiger partial charge in [0.1, 0.15) is 6.04 Å². The number of benzene rings is 3. The normalized spacial score (nSPS) is 12.3. The molecule has 0 aliphatic heterocycles. The fraction of sp³-hybridized carbons (Fsp3) is 0.227. The summed E-state index contributed by atoms with van der Waals surface area (Å²) in [5, 5.41) is 7.39. The highest BCUT2D eigenvalue weighted by Gasteiger charge is 2.20. The summed E-state index contributed by atoms with van der Waals surface area (Å²) in [5.41, 5.74) is 2.13. The Morgan fingerprint density at radius 2 is 1.60 bits per heavy atom. The second-order valence-electron chi connectivity index (χ2n) is 6.70. The predicted molar refractivity (Wildman–Crippen MR) is 103 cm³/mol. The van der Waals surface area contributed by atoms with Crippen LogP contribution in [-0.2, 0) is 4.79 Å². The lowest BCUT2D eigenvalue weighted by molar-refractivity contribution is -0.692. The Morgan fingerprint density at radius 1 is 0.920 bits per heavy atom. The summed E-state index contributed by atoms with van der Waals surface area (Å²) in [7, 11) is 0. The monoisotopic (exact) mass is 333 g/mol. The van der Waals surface area contributed by atoms with Crippen LogP contribution in [0.4, 0.5) is 5.69 Å². The van der Waals surface area contributed by atoms with Gasteiger partial charge in [-0.3, -0.25) is 4.79 Å². The van der Waals surface area contributed by atoms with Gasteiger partial charge in [0.15, 0.2) is 6.54 Å². The maximum Gasteiger partial charge on any atom is 0.279 e. The molecule has 3 aromatic rings. The van der Waals surface area contributed by atoms with E-state index >= 15 is 0 Å². The van der Waals surface area contributed by atoms with Crippen LogP contribution >= 0.6 is 0 Å². The molecule has 3 heteroatoms. The first-order valence-corrected chi connectivity index (χ1v) is 8.81. The third-order valence-electron chi connectivity index (χ3n) is 4.52. The Hall–Kier alpha value is -2.65. The van der Waals surface area contributed by atoms with E-state index in [1.54, 1.807) is 0 Å². The highest BCUT2D eigenvalue weighted by molar-refractivity contribution is 6.02. The van der Waals surface area contributed by atoms with Crippen LogP contribution in [-0.4, -0.2) is 12.5 Å². The molecule has 25 heavy (non-hydrogen) atoms. The fourth-order valence-corrected chi connectivity index (χ4v) is 3.24. The van der Waals surface area contributed by atoms with Crippen molar-refractivity contribution >= 4 is 22.4 Å². The Bertz CT molecular complexity index is 838. The average molecular weight is 333 g/mol. The number of fused-ring (bicyclic) bond motifs is 1. The summed E-state index contributed by atoms with van der Waals surface area (Å²) in [6.45, 7) is 4.79. The quantitative estimate of drug-likeness (QED) is 0.709. The molecule has 0 aliphatic carbocycles. The second kappa shape index (κ2) is 7.95. The number of rotatable bonds is 6. The van der Waals surface area contributed by atoms with Gasteiger partial charge in [-0.15, -0.1) is 0 Å². The molecule has 1 atom stereocenters. The summed E-state index contributed by atoms with van der Waals surface area (Å²) in [5.74, 6) is 0.477. The first-order valence-electron chi connectivity index (χ1n) is 8.81. The van der Waals surface area contributed by atoms with E-state index in [1.807, 2.05) is 36.4 Å². The molecule has 0 bridgehead atoms. The molecule has 3 N–H and O–H groups in total. The molecule has 0 heterocycles. The van der Waals surface area contributed by atoms with Gasteiger partial charge in [-0.05, 0) is 11.5 Å². The third kappa shape index (κ3) is 4.25. The van der Waals surface area contributed by atoms with Gasteiger partial charge in [0, 0.05) is 22.6 Å². The van der Waals surface area contributed by atoms with Gasteiger partial charge in [0.25, 0.3) is 5.91 Å². The van der Waals surface area contributed by atoms with Gasteiger partial charge in [-0.25, -0.2) is 0 Å². The number of nitrogens with two attached hydrogens (primary N) is 1. The van der Waals surface area contributed by atoms with Crippen LogP contribution in [0, 0.1) is 5.92 Å². The van der Waals surface area contributed by atoms with Crippen LogP contribution in [0.2, 0.25) is 0 Å². The number of anilines is 1. The zero-order valence-electron chi connectivity index (χ0n) is 14.8. The number of hydrogen-bond acceptors (Lipinski definition) is 1. The van der Waals surface area contributed by atoms with Crippen LogP contribution in [0.5, 0.6) is 0 Å². The number of hydrogen-bond donors (Lipinski definition) is 2. The maximum absolute atomic E-state index is 12.5. The smallest absolute Gasteiger partial charge is 0.279 e. The number of quaternary nitrogens is 1. The summed E-state index contributed by atoms with van der Waals surface area (Å²) >= 11 is 0. The fourth-order valence-electron chi connectivity index (χ4n) is 3.24. The second-order valence-corrected chi connectivity index (χ2v) is 6.70. The van der Waals surface area contributed by atoms with Crippen LogP contribution in [0.3, 0.4) is 0 Å². The largest absolute Gasteiger partial charge is 0.332 e. The van der Waals surface area contributed by atoms with Gasteiger partial charge >= 0.3 is 0 Å². The van der Waals surface area contributed by atoms with E-state index in [0.29, 0.717) is 12.5 Å². The Labute approximate surface area is 149 Å². The zero-order valence-corrected chi connectivity index (χ0v) is 14.8. The van der Waals surface area contributed by atoms with Crippen LogP contribution in [0.25, 0.3) is 10.8 Å². The molecule has 0 aliphatic rings. The van der Waals surface area contributed by atoms with Gasteiger partial charge in [0.2, 0.25) is 0 Å². The Morgan fingerprint density at radius 3 is 2.36 bits per heavy atom. The molecule has 0 saturated carbocycles. The minimum Gasteiger partial charge on any atom is -0.332 e. The standard InChI is InChI=1S/C22H24N2O/c1-16(2)22(18-10-4-3-5-11-18)23-15-21(25)24-20-14-8-12-17-9-6-7-13-19(17)20/h3-14,16,22-23H,15H2,1-2H3,(H,24,25)/p+1/t22-/m1/s1. The lowest BCUT2D eigenvalue weighted by atomic mass is 9.96. The summed E-state index contributed by atoms with van der Waals surface area (Å²) in [6.07, 6.45) is 0. The molecular weight excluding hydrogens is 308 g/mol. The summed E-state index contributed by atoms with van der Waals surface area (Å²) in [4.78, 5) is 12.5. The lowest BCUT2D eigenvalue weighted by Crippen LogP contribution is -2.88. The Balaban J connectivity index is 1.67. The maximum atomic E-state index is 12.5. The zero-order chi connectivity index (χ0) is 17.6. The van der Waals surface area contributed by atoms with Crippen LogP contribution in [0.15, 0.2) is 72.8 Å².